The molecule has 1 heterocycles. The van der Waals surface area contributed by atoms with Gasteiger partial charge in [-0.1, -0.05) is 13.8 Å². The van der Waals surface area contributed by atoms with Gasteiger partial charge in [-0.05, 0) is 30.0 Å². The molecule has 1 atom stereocenters. The number of carbonyl (C=O) groups excluding carboxylic acids is 1. The molecule has 4 heteroatoms. The normalized spacial score (nSPS) is 12.5. The molecule has 1 rings (SSSR count). The first kappa shape index (κ1) is 14.6. The average Bonchev–Trinajstić information content (AvgIpc) is 2.36. The Bertz CT molecular complexity index is 365. The van der Waals surface area contributed by atoms with Gasteiger partial charge in [-0.15, -0.1) is 0 Å². The minimum absolute atomic E-state index is 0.0547. The van der Waals surface area contributed by atoms with E-state index in [0.29, 0.717) is 18.9 Å². The number of rotatable bonds is 6. The van der Waals surface area contributed by atoms with Gasteiger partial charge in [0.15, 0.2) is 0 Å². The van der Waals surface area contributed by atoms with Crippen LogP contribution in [0.2, 0.25) is 0 Å². The van der Waals surface area contributed by atoms with Gasteiger partial charge >= 0.3 is 0 Å². The van der Waals surface area contributed by atoms with E-state index in [1.165, 1.54) is 5.56 Å². The van der Waals surface area contributed by atoms with E-state index in [1.54, 1.807) is 17.3 Å². The first-order valence-corrected chi connectivity index (χ1v) is 6.39. The van der Waals surface area contributed by atoms with E-state index < -0.39 is 0 Å². The van der Waals surface area contributed by atoms with E-state index in [2.05, 4.69) is 4.98 Å². The molecule has 4 nitrogen and oxygen atoms in total. The van der Waals surface area contributed by atoms with Gasteiger partial charge in [0.05, 0.1) is 0 Å². The zero-order valence-corrected chi connectivity index (χ0v) is 11.5. The van der Waals surface area contributed by atoms with Crippen LogP contribution >= 0.6 is 0 Å². The maximum Gasteiger partial charge on any atom is 0.223 e. The quantitative estimate of drug-likeness (QED) is 0.830. The number of pyridine rings is 1. The van der Waals surface area contributed by atoms with Crippen molar-refractivity contribution in [2.24, 2.45) is 11.7 Å². The first-order chi connectivity index (χ1) is 8.50. The Morgan fingerprint density at radius 2 is 2.00 bits per heavy atom. The van der Waals surface area contributed by atoms with Gasteiger partial charge in [-0.3, -0.25) is 9.78 Å². The Balaban J connectivity index is 2.36. The van der Waals surface area contributed by atoms with Crippen molar-refractivity contribution in [3.05, 3.63) is 30.1 Å². The van der Waals surface area contributed by atoms with Crippen LogP contribution in [0.3, 0.4) is 0 Å². The summed E-state index contributed by atoms with van der Waals surface area (Å²) in [7, 11) is 1.83. The smallest absolute Gasteiger partial charge is 0.223 e. The van der Waals surface area contributed by atoms with E-state index in [4.69, 9.17) is 5.73 Å². The van der Waals surface area contributed by atoms with Crippen LogP contribution in [0, 0.1) is 5.92 Å². The summed E-state index contributed by atoms with van der Waals surface area (Å²) >= 11 is 0. The zero-order chi connectivity index (χ0) is 13.5. The largest absolute Gasteiger partial charge is 0.345 e. The van der Waals surface area contributed by atoms with Gasteiger partial charge < -0.3 is 10.6 Å². The van der Waals surface area contributed by atoms with Crippen molar-refractivity contribution < 1.29 is 4.79 Å². The maximum absolute atomic E-state index is 11.9. The third-order valence-corrected chi connectivity index (χ3v) is 3.18. The minimum atomic E-state index is -0.0547. The highest BCUT2D eigenvalue weighted by molar-refractivity contribution is 5.76. The summed E-state index contributed by atoms with van der Waals surface area (Å²) in [6.07, 6.45) is 4.81. The summed E-state index contributed by atoms with van der Waals surface area (Å²) in [5, 5.41) is 0. The predicted octanol–water partition coefficient (Wildman–Crippen LogP) is 1.46. The van der Waals surface area contributed by atoms with Crippen molar-refractivity contribution >= 4 is 5.91 Å². The topological polar surface area (TPSA) is 59.2 Å². The fraction of sp³-hybridized carbons (Fsp3) is 0.571. The Morgan fingerprint density at radius 1 is 1.39 bits per heavy atom. The second kappa shape index (κ2) is 7.11. The van der Waals surface area contributed by atoms with Crippen LogP contribution in [-0.2, 0) is 11.2 Å². The monoisotopic (exact) mass is 249 g/mol. The fourth-order valence-corrected chi connectivity index (χ4v) is 1.56. The zero-order valence-electron chi connectivity index (χ0n) is 11.5. The molecule has 0 aliphatic heterocycles. The molecule has 100 valence electrons. The molecule has 0 bridgehead atoms. The number of amides is 1. The molecule has 1 aromatic rings. The van der Waals surface area contributed by atoms with E-state index >= 15 is 0 Å². The second-order valence-corrected chi connectivity index (χ2v) is 5.03. The lowest BCUT2D eigenvalue weighted by atomic mass is 10.0. The summed E-state index contributed by atoms with van der Waals surface area (Å²) in [5.74, 6) is 0.452. The summed E-state index contributed by atoms with van der Waals surface area (Å²) in [6, 6.07) is 3.89. The van der Waals surface area contributed by atoms with Crippen LogP contribution in [0.1, 0.15) is 25.8 Å². The molecular weight excluding hydrogens is 226 g/mol. The highest BCUT2D eigenvalue weighted by Crippen LogP contribution is 2.06. The lowest BCUT2D eigenvalue weighted by Gasteiger charge is -2.21. The Labute approximate surface area is 109 Å². The molecule has 2 N–H and O–H groups in total. The summed E-state index contributed by atoms with van der Waals surface area (Å²) in [6.45, 7) is 4.79. The SMILES string of the molecule is CC(C)C(N)CC(=O)N(C)CCc1ccncc1. The Hall–Kier alpha value is -1.42. The molecule has 1 amide bonds. The lowest BCUT2D eigenvalue weighted by molar-refractivity contribution is -0.130. The maximum atomic E-state index is 11.9. The van der Waals surface area contributed by atoms with E-state index in [-0.39, 0.29) is 11.9 Å². The summed E-state index contributed by atoms with van der Waals surface area (Å²) < 4.78 is 0. The molecule has 0 spiro atoms. The number of nitrogens with two attached hydrogens (primary N) is 1. The number of hydrogen-bond acceptors (Lipinski definition) is 3. The number of carbonyl (C=O) groups is 1. The van der Waals surface area contributed by atoms with Crippen molar-refractivity contribution in [1.29, 1.82) is 0 Å². The van der Waals surface area contributed by atoms with Crippen molar-refractivity contribution in [3.8, 4) is 0 Å². The van der Waals surface area contributed by atoms with Gasteiger partial charge in [0.2, 0.25) is 5.91 Å². The summed E-state index contributed by atoms with van der Waals surface area (Å²) in [5.41, 5.74) is 7.10. The van der Waals surface area contributed by atoms with Crippen LogP contribution in [0.15, 0.2) is 24.5 Å². The molecular formula is C14H23N3O. The van der Waals surface area contributed by atoms with Crippen LogP contribution in [0.25, 0.3) is 0 Å². The van der Waals surface area contributed by atoms with Crippen molar-refractivity contribution in [2.45, 2.75) is 32.7 Å². The van der Waals surface area contributed by atoms with Gasteiger partial charge in [-0.2, -0.15) is 0 Å². The third-order valence-electron chi connectivity index (χ3n) is 3.18. The molecule has 0 saturated heterocycles. The molecule has 0 fully saturated rings. The molecule has 18 heavy (non-hydrogen) atoms. The molecule has 0 aliphatic carbocycles. The first-order valence-electron chi connectivity index (χ1n) is 6.39. The third kappa shape index (κ3) is 4.84. The molecule has 0 aliphatic rings. The lowest BCUT2D eigenvalue weighted by Crippen LogP contribution is -2.36. The molecule has 0 radical (unpaired) electrons. The number of hydrogen-bond donors (Lipinski definition) is 1. The van der Waals surface area contributed by atoms with Gasteiger partial charge in [-0.25, -0.2) is 0 Å². The van der Waals surface area contributed by atoms with Gasteiger partial charge in [0.25, 0.3) is 0 Å². The van der Waals surface area contributed by atoms with Crippen molar-refractivity contribution in [1.82, 2.24) is 9.88 Å². The Morgan fingerprint density at radius 3 is 2.56 bits per heavy atom. The number of nitrogens with zero attached hydrogens (tertiary/aromatic N) is 2. The summed E-state index contributed by atoms with van der Waals surface area (Å²) in [4.78, 5) is 17.6. The van der Waals surface area contributed by atoms with E-state index in [1.807, 2.05) is 33.0 Å². The van der Waals surface area contributed by atoms with Gasteiger partial charge in [0, 0.05) is 38.4 Å². The van der Waals surface area contributed by atoms with Crippen molar-refractivity contribution in [3.63, 3.8) is 0 Å². The fourth-order valence-electron chi connectivity index (χ4n) is 1.56. The standard InChI is InChI=1S/C14H23N3O/c1-11(2)13(15)10-14(18)17(3)9-6-12-4-7-16-8-5-12/h4-5,7-8,11,13H,6,9-10,15H2,1-3H3. The van der Waals surface area contributed by atoms with Crippen molar-refractivity contribution in [2.75, 3.05) is 13.6 Å². The van der Waals surface area contributed by atoms with Gasteiger partial charge in [0.1, 0.15) is 0 Å². The van der Waals surface area contributed by atoms with Crippen LogP contribution in [-0.4, -0.2) is 35.4 Å². The molecule has 1 aromatic heterocycles. The van der Waals surface area contributed by atoms with Crippen LogP contribution < -0.4 is 5.73 Å². The Kier molecular flexibility index (Phi) is 5.78. The van der Waals surface area contributed by atoms with E-state index in [9.17, 15) is 4.79 Å². The number of aromatic nitrogens is 1. The molecule has 0 saturated carbocycles. The minimum Gasteiger partial charge on any atom is -0.345 e. The highest BCUT2D eigenvalue weighted by atomic mass is 16.2. The van der Waals surface area contributed by atoms with Crippen LogP contribution in [0.5, 0.6) is 0 Å². The highest BCUT2D eigenvalue weighted by Gasteiger charge is 2.15. The average molecular weight is 249 g/mol. The number of likely N-dealkylation sites (N-methyl/N-ethyl adjacent to an activating group) is 1. The molecule has 1 unspecified atom stereocenters. The predicted molar refractivity (Wildman–Crippen MR) is 73.0 cm³/mol. The second-order valence-electron chi connectivity index (χ2n) is 5.03. The molecule has 0 aromatic carbocycles. The van der Waals surface area contributed by atoms with E-state index in [0.717, 1.165) is 6.42 Å². The van der Waals surface area contributed by atoms with Crippen LogP contribution in [0.4, 0.5) is 0 Å².